The number of rotatable bonds is 0. The topological polar surface area (TPSA) is 50.7 Å². The minimum atomic E-state index is -0.121. The second-order valence-electron chi connectivity index (χ2n) is 7.03. The van der Waals surface area contributed by atoms with E-state index >= 15 is 0 Å². The van der Waals surface area contributed by atoms with Gasteiger partial charge in [0, 0.05) is 17.0 Å². The highest BCUT2D eigenvalue weighted by Gasteiger charge is 2.50. The van der Waals surface area contributed by atoms with E-state index < -0.39 is 0 Å². The van der Waals surface area contributed by atoms with E-state index in [1.165, 1.54) is 16.7 Å². The maximum absolute atomic E-state index is 9.91. The van der Waals surface area contributed by atoms with Crippen LogP contribution in [0.15, 0.2) is 6.07 Å². The maximum atomic E-state index is 9.91. The molecule has 1 atom stereocenters. The second kappa shape index (κ2) is 4.14. The lowest BCUT2D eigenvalue weighted by Gasteiger charge is -2.37. The Hall–Kier alpha value is -1.26. The first-order valence-corrected chi connectivity index (χ1v) is 8.14. The molecule has 4 aliphatic rings. The van der Waals surface area contributed by atoms with Crippen LogP contribution in [-0.4, -0.2) is 24.5 Å². The van der Waals surface area contributed by atoms with Gasteiger partial charge in [0.05, 0.1) is 6.10 Å². The minimum absolute atomic E-state index is 0.121. The van der Waals surface area contributed by atoms with Crippen molar-refractivity contribution in [3.8, 4) is 11.5 Å². The van der Waals surface area contributed by atoms with Gasteiger partial charge < -0.3 is 19.9 Å². The molecule has 2 heterocycles. The molecule has 0 aromatic heterocycles. The molecular weight excluding hydrogens is 266 g/mol. The fourth-order valence-electron chi connectivity index (χ4n) is 5.00. The van der Waals surface area contributed by atoms with Crippen LogP contribution in [0.1, 0.15) is 54.8 Å². The molecule has 0 bridgehead atoms. The van der Waals surface area contributed by atoms with Crippen molar-refractivity contribution in [3.05, 3.63) is 22.8 Å². The van der Waals surface area contributed by atoms with Crippen molar-refractivity contribution >= 4 is 0 Å². The highest BCUT2D eigenvalue weighted by molar-refractivity contribution is 5.63. The third-order valence-electron chi connectivity index (χ3n) is 5.96. The predicted octanol–water partition coefficient (Wildman–Crippen LogP) is 2.18. The Balaban J connectivity index is 1.72. The van der Waals surface area contributed by atoms with E-state index in [0.29, 0.717) is 12.8 Å². The number of hydrogen-bond acceptors (Lipinski definition) is 4. The number of aliphatic hydroxyl groups excluding tert-OH is 1. The molecule has 112 valence electrons. The molecule has 0 saturated heterocycles. The lowest BCUT2D eigenvalue weighted by atomic mass is 9.69. The largest absolute Gasteiger partial charge is 0.454 e. The molecule has 0 radical (unpaired) electrons. The summed E-state index contributed by atoms with van der Waals surface area (Å²) < 4.78 is 11.5. The molecule has 1 aromatic rings. The van der Waals surface area contributed by atoms with Crippen molar-refractivity contribution in [2.45, 2.75) is 56.1 Å². The van der Waals surface area contributed by atoms with Gasteiger partial charge in [0.2, 0.25) is 6.79 Å². The summed E-state index contributed by atoms with van der Waals surface area (Å²) >= 11 is 0. The van der Waals surface area contributed by atoms with Gasteiger partial charge in [-0.25, -0.2) is 0 Å². The van der Waals surface area contributed by atoms with Crippen LogP contribution in [0.25, 0.3) is 0 Å². The third-order valence-corrected chi connectivity index (χ3v) is 5.96. The molecular formula is C17H21NO3. The minimum Gasteiger partial charge on any atom is -0.454 e. The Morgan fingerprint density at radius 3 is 2.95 bits per heavy atom. The molecule has 2 N–H and O–H groups in total. The molecule has 5 rings (SSSR count). The molecule has 1 aromatic carbocycles. The average molecular weight is 287 g/mol. The van der Waals surface area contributed by atoms with Crippen LogP contribution >= 0.6 is 0 Å². The first-order chi connectivity index (χ1) is 10.3. The highest BCUT2D eigenvalue weighted by Crippen LogP contribution is 2.60. The first-order valence-electron chi connectivity index (χ1n) is 8.14. The summed E-state index contributed by atoms with van der Waals surface area (Å²) in [7, 11) is 0. The summed E-state index contributed by atoms with van der Waals surface area (Å²) in [6.45, 7) is 1.40. The molecule has 4 heteroatoms. The summed E-state index contributed by atoms with van der Waals surface area (Å²) in [5.74, 6) is 1.94. The molecule has 0 unspecified atom stereocenters. The molecule has 1 spiro atoms. The van der Waals surface area contributed by atoms with E-state index in [2.05, 4.69) is 11.4 Å². The SMILES string of the molecule is OC1CCC2(CC1)C[C@@H]1NCCc3cc4c(c2c31)OCO4. The van der Waals surface area contributed by atoms with Crippen molar-refractivity contribution < 1.29 is 14.6 Å². The zero-order valence-corrected chi connectivity index (χ0v) is 12.2. The van der Waals surface area contributed by atoms with Crippen molar-refractivity contribution in [2.24, 2.45) is 0 Å². The summed E-state index contributed by atoms with van der Waals surface area (Å²) in [6.07, 6.45) is 6.07. The van der Waals surface area contributed by atoms with E-state index in [-0.39, 0.29) is 11.5 Å². The van der Waals surface area contributed by atoms with Crippen molar-refractivity contribution in [3.63, 3.8) is 0 Å². The van der Waals surface area contributed by atoms with Gasteiger partial charge in [-0.15, -0.1) is 0 Å². The summed E-state index contributed by atoms with van der Waals surface area (Å²) in [5.41, 5.74) is 4.53. The Labute approximate surface area is 124 Å². The summed E-state index contributed by atoms with van der Waals surface area (Å²) in [4.78, 5) is 0. The third kappa shape index (κ3) is 1.58. The normalized spacial score (nSPS) is 36.0. The molecule has 1 fully saturated rings. The van der Waals surface area contributed by atoms with Crippen LogP contribution in [0.5, 0.6) is 11.5 Å². The zero-order chi connectivity index (χ0) is 14.0. The van der Waals surface area contributed by atoms with Gasteiger partial charge in [-0.1, -0.05) is 0 Å². The summed E-state index contributed by atoms with van der Waals surface area (Å²) in [6, 6.07) is 2.67. The molecule has 1 saturated carbocycles. The van der Waals surface area contributed by atoms with Gasteiger partial charge in [-0.3, -0.25) is 0 Å². The fourth-order valence-corrected chi connectivity index (χ4v) is 5.00. The molecule has 21 heavy (non-hydrogen) atoms. The molecule has 2 aliphatic heterocycles. The van der Waals surface area contributed by atoms with Gasteiger partial charge >= 0.3 is 0 Å². The van der Waals surface area contributed by atoms with Gasteiger partial charge in [0.1, 0.15) is 0 Å². The number of benzene rings is 1. The molecule has 4 nitrogen and oxygen atoms in total. The molecule has 2 aliphatic carbocycles. The summed E-state index contributed by atoms with van der Waals surface area (Å²) in [5, 5.41) is 13.6. The second-order valence-corrected chi connectivity index (χ2v) is 7.03. The fraction of sp³-hybridized carbons (Fsp3) is 0.647. The predicted molar refractivity (Wildman–Crippen MR) is 77.8 cm³/mol. The Bertz CT molecular complexity index is 605. The molecule has 0 amide bonds. The number of hydrogen-bond donors (Lipinski definition) is 2. The van der Waals surface area contributed by atoms with Gasteiger partial charge in [0.15, 0.2) is 11.5 Å². The van der Waals surface area contributed by atoms with Crippen LogP contribution in [0.4, 0.5) is 0 Å². The van der Waals surface area contributed by atoms with Crippen LogP contribution in [0.3, 0.4) is 0 Å². The van der Waals surface area contributed by atoms with Gasteiger partial charge in [-0.05, 0) is 62.3 Å². The number of nitrogens with one attached hydrogen (secondary N) is 1. The first kappa shape index (κ1) is 12.3. The lowest BCUT2D eigenvalue weighted by molar-refractivity contribution is 0.0914. The van der Waals surface area contributed by atoms with E-state index in [0.717, 1.165) is 56.6 Å². The Kier molecular flexibility index (Phi) is 2.43. The lowest BCUT2D eigenvalue weighted by Crippen LogP contribution is -2.33. The van der Waals surface area contributed by atoms with Crippen molar-refractivity contribution in [1.29, 1.82) is 0 Å². The van der Waals surface area contributed by atoms with E-state index in [4.69, 9.17) is 9.47 Å². The van der Waals surface area contributed by atoms with Gasteiger partial charge in [0.25, 0.3) is 0 Å². The number of ether oxygens (including phenoxy) is 2. The standard InChI is InChI=1S/C17H21NO3/c19-11-1-4-17(5-2-11)8-12-14-10(3-6-18-12)7-13-16(15(14)17)21-9-20-13/h7,11-12,18-19H,1-6,8-9H2/t11?,12-,17?/m0/s1. The smallest absolute Gasteiger partial charge is 0.231 e. The van der Waals surface area contributed by atoms with Crippen LogP contribution < -0.4 is 14.8 Å². The number of fused-ring (bicyclic) bond motifs is 3. The monoisotopic (exact) mass is 287 g/mol. The maximum Gasteiger partial charge on any atom is 0.231 e. The average Bonchev–Trinajstić information content (AvgIpc) is 3.07. The Morgan fingerprint density at radius 1 is 1.24 bits per heavy atom. The number of aliphatic hydroxyl groups is 1. The van der Waals surface area contributed by atoms with Crippen molar-refractivity contribution in [2.75, 3.05) is 13.3 Å². The van der Waals surface area contributed by atoms with Crippen LogP contribution in [0, 0.1) is 0 Å². The van der Waals surface area contributed by atoms with Gasteiger partial charge in [-0.2, -0.15) is 0 Å². The van der Waals surface area contributed by atoms with E-state index in [1.807, 2.05) is 0 Å². The van der Waals surface area contributed by atoms with E-state index in [1.54, 1.807) is 0 Å². The Morgan fingerprint density at radius 2 is 2.10 bits per heavy atom. The zero-order valence-electron chi connectivity index (χ0n) is 12.2. The van der Waals surface area contributed by atoms with Crippen LogP contribution in [0.2, 0.25) is 0 Å². The van der Waals surface area contributed by atoms with Crippen molar-refractivity contribution in [1.82, 2.24) is 5.32 Å². The quantitative estimate of drug-likeness (QED) is 0.768. The van der Waals surface area contributed by atoms with E-state index in [9.17, 15) is 5.11 Å². The highest BCUT2D eigenvalue weighted by atomic mass is 16.7. The van der Waals surface area contributed by atoms with Crippen LogP contribution in [-0.2, 0) is 11.8 Å².